The molecule has 3 aliphatic carbocycles. The molecule has 6 rings (SSSR count). The first kappa shape index (κ1) is 35.8. The molecule has 4 unspecified atom stereocenters. The Morgan fingerprint density at radius 2 is 1.58 bits per heavy atom. The van der Waals surface area contributed by atoms with Gasteiger partial charge in [-0.15, -0.1) is 0 Å². The minimum Gasteiger partial charge on any atom is -0.507 e. The third kappa shape index (κ3) is 5.60. The predicted octanol–water partition coefficient (Wildman–Crippen LogP) is 7.80. The molecule has 2 N–H and O–H groups in total. The zero-order valence-corrected chi connectivity index (χ0v) is 30.2. The molecule has 1 saturated carbocycles. The van der Waals surface area contributed by atoms with Crippen molar-refractivity contribution in [3.8, 4) is 17.2 Å². The highest BCUT2D eigenvalue weighted by atomic mass is 16.7. The van der Waals surface area contributed by atoms with Crippen molar-refractivity contribution in [1.29, 1.82) is 0 Å². The van der Waals surface area contributed by atoms with E-state index in [1.807, 2.05) is 59.8 Å². The molecule has 1 aromatic carbocycles. The summed E-state index contributed by atoms with van der Waals surface area (Å²) in [5.74, 6) is -1.68. The summed E-state index contributed by atoms with van der Waals surface area (Å²) in [6.45, 7) is 15.8. The Morgan fingerprint density at radius 3 is 2.21 bits per heavy atom. The normalized spacial score (nSPS) is 27.0. The topological polar surface area (TPSA) is 112 Å². The van der Waals surface area contributed by atoms with Gasteiger partial charge < -0.3 is 29.2 Å². The van der Waals surface area contributed by atoms with Gasteiger partial charge in [0, 0.05) is 49.2 Å². The maximum Gasteiger partial charge on any atom is 0.200 e. The van der Waals surface area contributed by atoms with Crippen LogP contribution in [0, 0.1) is 11.8 Å². The van der Waals surface area contributed by atoms with Crippen molar-refractivity contribution in [3.05, 3.63) is 74.9 Å². The van der Waals surface area contributed by atoms with Crippen molar-refractivity contribution >= 4 is 11.6 Å². The van der Waals surface area contributed by atoms with E-state index >= 15 is 0 Å². The van der Waals surface area contributed by atoms with Gasteiger partial charge in [0.05, 0.1) is 5.60 Å². The van der Waals surface area contributed by atoms with Gasteiger partial charge in [0.1, 0.15) is 22.8 Å². The van der Waals surface area contributed by atoms with E-state index in [0.29, 0.717) is 17.6 Å². The molecule has 260 valence electrons. The van der Waals surface area contributed by atoms with E-state index in [9.17, 15) is 19.8 Å². The summed E-state index contributed by atoms with van der Waals surface area (Å²) in [6.07, 6.45) is 12.0. The lowest BCUT2D eigenvalue weighted by atomic mass is 9.51. The van der Waals surface area contributed by atoms with Crippen molar-refractivity contribution in [1.82, 2.24) is 0 Å². The zero-order valence-electron chi connectivity index (χ0n) is 30.2. The number of phenolic OH excluding ortho intramolecular Hbond substituents is 2. The largest absolute Gasteiger partial charge is 0.507 e. The van der Waals surface area contributed by atoms with E-state index in [0.717, 1.165) is 29.6 Å². The number of methoxy groups -OCH3 is 2. The predicted molar refractivity (Wildman–Crippen MR) is 185 cm³/mol. The van der Waals surface area contributed by atoms with Gasteiger partial charge in [-0.3, -0.25) is 9.59 Å². The van der Waals surface area contributed by atoms with E-state index < -0.39 is 34.8 Å². The second kappa shape index (κ2) is 13.1. The summed E-state index contributed by atoms with van der Waals surface area (Å²) in [4.78, 5) is 29.2. The highest BCUT2D eigenvalue weighted by molar-refractivity contribution is 6.18. The van der Waals surface area contributed by atoms with Gasteiger partial charge in [-0.05, 0) is 93.1 Å². The van der Waals surface area contributed by atoms with Crippen LogP contribution in [0.1, 0.15) is 103 Å². The lowest BCUT2D eigenvalue weighted by molar-refractivity contribution is -0.171. The van der Waals surface area contributed by atoms with E-state index in [4.69, 9.17) is 18.9 Å². The molecule has 4 atom stereocenters. The summed E-state index contributed by atoms with van der Waals surface area (Å²) in [7, 11) is 3.09. The Hall–Kier alpha value is -3.46. The fraction of sp³-hybridized carbons (Fsp3) is 0.550. The standard InChI is InChI=1S/C40H52O8/c1-22(2)12-11-13-24(5)15-17-27-32(41)28(16-14-23(3)4)35-31(33(27)42)34(43)29-20-26-21-30-38(7,8)48-39(36(26)44,40(29,30)47-35)19-18-25(6)37(45-9)46-10/h12,14-15,18,20,26,30,37,41-42H,11,13,16-17,19,21H2,1-10H3. The average Bonchev–Trinajstić information content (AvgIpc) is 3.17. The number of carbonyl (C=O) groups excluding carboxylic acids is 2. The number of hydrogen-bond acceptors (Lipinski definition) is 8. The number of allylic oxidation sites excluding steroid dienone is 7. The molecule has 48 heavy (non-hydrogen) atoms. The van der Waals surface area contributed by atoms with Crippen molar-refractivity contribution in [2.24, 2.45) is 11.8 Å². The molecule has 0 amide bonds. The number of rotatable bonds is 12. The fourth-order valence-corrected chi connectivity index (χ4v) is 8.29. The number of ether oxygens (including phenoxy) is 4. The minimum atomic E-state index is -1.52. The maximum atomic E-state index is 14.8. The van der Waals surface area contributed by atoms with E-state index in [-0.39, 0.29) is 59.3 Å². The van der Waals surface area contributed by atoms with Gasteiger partial charge in [0.2, 0.25) is 0 Å². The van der Waals surface area contributed by atoms with E-state index in [2.05, 4.69) is 19.9 Å². The molecule has 8 nitrogen and oxygen atoms in total. The first-order valence-electron chi connectivity index (χ1n) is 17.0. The van der Waals surface area contributed by atoms with Crippen LogP contribution in [0.4, 0.5) is 0 Å². The molecule has 2 heterocycles. The van der Waals surface area contributed by atoms with Crippen LogP contribution in [-0.4, -0.2) is 59.1 Å². The highest BCUT2D eigenvalue weighted by Crippen LogP contribution is 2.68. The number of carbonyl (C=O) groups is 2. The SMILES string of the molecule is COC(OC)C(C)=CCC12OC(C)(C)C3CC(C=C4C(=O)c5c(O)c(CC=C(C)CCC=C(C)C)c(O)c(CC=C(C)C)c5OC431)C2=O. The first-order chi connectivity index (χ1) is 22.6. The Labute approximate surface area is 285 Å². The van der Waals surface area contributed by atoms with Crippen molar-refractivity contribution < 1.29 is 38.7 Å². The van der Waals surface area contributed by atoms with E-state index in [1.165, 1.54) is 5.57 Å². The summed E-state index contributed by atoms with van der Waals surface area (Å²) in [5.41, 5.74) is 1.44. The van der Waals surface area contributed by atoms with Gasteiger partial charge in [0.25, 0.3) is 0 Å². The Morgan fingerprint density at radius 1 is 0.938 bits per heavy atom. The third-order valence-electron chi connectivity index (χ3n) is 10.7. The summed E-state index contributed by atoms with van der Waals surface area (Å²) in [6, 6.07) is 0. The van der Waals surface area contributed by atoms with Crippen molar-refractivity contribution in [2.75, 3.05) is 14.2 Å². The maximum absolute atomic E-state index is 14.8. The van der Waals surface area contributed by atoms with Crippen LogP contribution < -0.4 is 4.74 Å². The Bertz CT molecular complexity index is 1660. The van der Waals surface area contributed by atoms with Crippen LogP contribution in [0.3, 0.4) is 0 Å². The summed E-state index contributed by atoms with van der Waals surface area (Å²) < 4.78 is 24.8. The quantitative estimate of drug-likeness (QED) is 0.173. The molecular formula is C40H52O8. The zero-order chi connectivity index (χ0) is 35.3. The number of fused-ring (bicyclic) bond motifs is 1. The van der Waals surface area contributed by atoms with Gasteiger partial charge >= 0.3 is 0 Å². The smallest absolute Gasteiger partial charge is 0.200 e. The van der Waals surface area contributed by atoms with Crippen LogP contribution in [0.2, 0.25) is 0 Å². The highest BCUT2D eigenvalue weighted by Gasteiger charge is 2.81. The van der Waals surface area contributed by atoms with Gasteiger partial charge in [0.15, 0.2) is 29.1 Å². The first-order valence-corrected chi connectivity index (χ1v) is 17.0. The van der Waals surface area contributed by atoms with Crippen LogP contribution in [-0.2, 0) is 31.8 Å². The lowest BCUT2D eigenvalue weighted by Gasteiger charge is -2.56. The fourth-order valence-electron chi connectivity index (χ4n) is 8.29. The van der Waals surface area contributed by atoms with Gasteiger partial charge in [-0.2, -0.15) is 0 Å². The Kier molecular flexibility index (Phi) is 9.78. The van der Waals surface area contributed by atoms with E-state index in [1.54, 1.807) is 20.3 Å². The third-order valence-corrected chi connectivity index (χ3v) is 10.7. The van der Waals surface area contributed by atoms with Crippen LogP contribution in [0.5, 0.6) is 17.2 Å². The molecular weight excluding hydrogens is 608 g/mol. The monoisotopic (exact) mass is 660 g/mol. The molecule has 5 aliphatic rings. The number of ketones is 2. The second-order valence-corrected chi connectivity index (χ2v) is 14.9. The van der Waals surface area contributed by atoms with Gasteiger partial charge in [-0.1, -0.05) is 47.1 Å². The molecule has 0 radical (unpaired) electrons. The molecule has 1 aromatic rings. The molecule has 4 bridgehead atoms. The number of phenols is 2. The molecule has 1 saturated heterocycles. The van der Waals surface area contributed by atoms with Crippen LogP contribution >= 0.6 is 0 Å². The molecule has 0 aromatic heterocycles. The summed E-state index contributed by atoms with van der Waals surface area (Å²) >= 11 is 0. The lowest BCUT2D eigenvalue weighted by Crippen LogP contribution is -2.72. The molecule has 2 fully saturated rings. The molecule has 8 heteroatoms. The van der Waals surface area contributed by atoms with Crippen LogP contribution in [0.15, 0.2) is 58.2 Å². The number of aromatic hydroxyl groups is 2. The van der Waals surface area contributed by atoms with Crippen molar-refractivity contribution in [3.63, 3.8) is 0 Å². The van der Waals surface area contributed by atoms with Gasteiger partial charge in [-0.25, -0.2) is 0 Å². The minimum absolute atomic E-state index is 0.0327. The van der Waals surface area contributed by atoms with Crippen molar-refractivity contribution in [2.45, 2.75) is 117 Å². The Balaban J connectivity index is 1.70. The molecule has 2 aliphatic heterocycles. The molecule has 1 spiro atoms. The number of benzene rings is 1. The second-order valence-electron chi connectivity index (χ2n) is 14.9. The van der Waals surface area contributed by atoms with Crippen LogP contribution in [0.25, 0.3) is 0 Å². The average molecular weight is 661 g/mol. The number of hydrogen-bond donors (Lipinski definition) is 2. The summed E-state index contributed by atoms with van der Waals surface area (Å²) in [5, 5.41) is 23.6. The number of Topliss-reactive ketones (excluding diaryl/α,β-unsaturated/α-hetero) is 2.